The van der Waals surface area contributed by atoms with Crippen molar-refractivity contribution in [1.82, 2.24) is 4.98 Å². The molecule has 0 saturated heterocycles. The number of rotatable bonds is 2. The Balaban J connectivity index is 1.77. The number of aromatic nitrogens is 1. The predicted molar refractivity (Wildman–Crippen MR) is 80.6 cm³/mol. The standard InChI is InChI=1S/C14H13BrN2OS/c15-9-4-5-13(16-8-9)17-14(18)11-2-1-3-12-10(11)6-7-19-12/h4-8,11H,1-3H2,(H,16,17,18). The highest BCUT2D eigenvalue weighted by molar-refractivity contribution is 9.10. The molecule has 1 aliphatic rings. The molecule has 0 bridgehead atoms. The van der Waals surface area contributed by atoms with Gasteiger partial charge in [0.25, 0.3) is 0 Å². The molecule has 1 aliphatic carbocycles. The number of halogens is 1. The summed E-state index contributed by atoms with van der Waals surface area (Å²) in [7, 11) is 0. The molecule has 1 atom stereocenters. The minimum atomic E-state index is -0.0274. The maximum Gasteiger partial charge on any atom is 0.233 e. The lowest BCUT2D eigenvalue weighted by atomic mass is 9.87. The van der Waals surface area contributed by atoms with Crippen LogP contribution in [0, 0.1) is 0 Å². The van der Waals surface area contributed by atoms with E-state index in [1.54, 1.807) is 23.6 Å². The number of nitrogens with one attached hydrogen (secondary N) is 1. The molecular weight excluding hydrogens is 324 g/mol. The number of amides is 1. The molecule has 5 heteroatoms. The van der Waals surface area contributed by atoms with Gasteiger partial charge in [0.1, 0.15) is 5.82 Å². The fourth-order valence-corrected chi connectivity index (χ4v) is 3.64. The summed E-state index contributed by atoms with van der Waals surface area (Å²) in [4.78, 5) is 17.9. The molecule has 1 amide bonds. The highest BCUT2D eigenvalue weighted by Gasteiger charge is 2.27. The monoisotopic (exact) mass is 336 g/mol. The van der Waals surface area contributed by atoms with Gasteiger partial charge in [0.15, 0.2) is 0 Å². The summed E-state index contributed by atoms with van der Waals surface area (Å²) in [5.74, 6) is 0.630. The maximum atomic E-state index is 12.4. The molecule has 2 aromatic rings. The largest absolute Gasteiger partial charge is 0.310 e. The number of nitrogens with zero attached hydrogens (tertiary/aromatic N) is 1. The van der Waals surface area contributed by atoms with Crippen LogP contribution in [0.25, 0.3) is 0 Å². The van der Waals surface area contributed by atoms with Crippen LogP contribution < -0.4 is 5.32 Å². The normalized spacial score (nSPS) is 17.8. The van der Waals surface area contributed by atoms with Crippen molar-refractivity contribution >= 4 is 39.0 Å². The zero-order chi connectivity index (χ0) is 13.2. The van der Waals surface area contributed by atoms with E-state index in [1.807, 2.05) is 6.07 Å². The quantitative estimate of drug-likeness (QED) is 0.901. The van der Waals surface area contributed by atoms with Gasteiger partial charge in [-0.05, 0) is 64.3 Å². The molecule has 0 fully saturated rings. The van der Waals surface area contributed by atoms with Crippen molar-refractivity contribution in [3.63, 3.8) is 0 Å². The van der Waals surface area contributed by atoms with E-state index >= 15 is 0 Å². The number of thiophene rings is 1. The van der Waals surface area contributed by atoms with Crippen molar-refractivity contribution in [1.29, 1.82) is 0 Å². The van der Waals surface area contributed by atoms with Crippen LogP contribution >= 0.6 is 27.3 Å². The Labute approximate surface area is 124 Å². The Morgan fingerprint density at radius 1 is 1.42 bits per heavy atom. The third kappa shape index (κ3) is 2.72. The Kier molecular flexibility index (Phi) is 3.66. The van der Waals surface area contributed by atoms with Gasteiger partial charge >= 0.3 is 0 Å². The lowest BCUT2D eigenvalue weighted by Gasteiger charge is -2.21. The van der Waals surface area contributed by atoms with Crippen LogP contribution in [0.2, 0.25) is 0 Å². The van der Waals surface area contributed by atoms with Crippen LogP contribution in [-0.4, -0.2) is 10.9 Å². The third-order valence-electron chi connectivity index (χ3n) is 3.35. The number of aryl methyl sites for hydroxylation is 1. The van der Waals surface area contributed by atoms with Gasteiger partial charge in [-0.1, -0.05) is 0 Å². The van der Waals surface area contributed by atoms with Gasteiger partial charge in [0.2, 0.25) is 5.91 Å². The molecule has 2 heterocycles. The first kappa shape index (κ1) is 12.8. The fraction of sp³-hybridized carbons (Fsp3) is 0.286. The highest BCUT2D eigenvalue weighted by atomic mass is 79.9. The first-order valence-electron chi connectivity index (χ1n) is 6.23. The van der Waals surface area contributed by atoms with Gasteiger partial charge < -0.3 is 5.32 Å². The van der Waals surface area contributed by atoms with E-state index in [1.165, 1.54) is 10.4 Å². The van der Waals surface area contributed by atoms with E-state index in [4.69, 9.17) is 0 Å². The molecule has 2 aromatic heterocycles. The van der Waals surface area contributed by atoms with Crippen molar-refractivity contribution in [2.75, 3.05) is 5.32 Å². The van der Waals surface area contributed by atoms with E-state index in [-0.39, 0.29) is 11.8 Å². The number of carbonyl (C=O) groups is 1. The molecule has 1 unspecified atom stereocenters. The van der Waals surface area contributed by atoms with E-state index in [2.05, 4.69) is 37.7 Å². The molecule has 0 spiro atoms. The zero-order valence-electron chi connectivity index (χ0n) is 10.2. The molecule has 3 rings (SSSR count). The summed E-state index contributed by atoms with van der Waals surface area (Å²) < 4.78 is 0.906. The number of carbonyl (C=O) groups excluding carboxylic acids is 1. The van der Waals surface area contributed by atoms with Crippen LogP contribution in [0.3, 0.4) is 0 Å². The summed E-state index contributed by atoms with van der Waals surface area (Å²) in [5.41, 5.74) is 1.20. The minimum absolute atomic E-state index is 0.0274. The Morgan fingerprint density at radius 3 is 3.11 bits per heavy atom. The molecule has 98 valence electrons. The molecular formula is C14H13BrN2OS. The highest BCUT2D eigenvalue weighted by Crippen LogP contribution is 2.35. The smallest absolute Gasteiger partial charge is 0.233 e. The second-order valence-electron chi connectivity index (χ2n) is 4.59. The number of pyridine rings is 1. The van der Waals surface area contributed by atoms with Crippen LogP contribution in [0.15, 0.2) is 34.2 Å². The lowest BCUT2D eigenvalue weighted by molar-refractivity contribution is -0.117. The molecule has 0 saturated carbocycles. The second-order valence-corrected chi connectivity index (χ2v) is 6.51. The Bertz CT molecular complexity index is 594. The minimum Gasteiger partial charge on any atom is -0.310 e. The van der Waals surface area contributed by atoms with Crippen molar-refractivity contribution in [3.8, 4) is 0 Å². The Hall–Kier alpha value is -1.20. The van der Waals surface area contributed by atoms with Crippen molar-refractivity contribution in [2.24, 2.45) is 0 Å². The maximum absolute atomic E-state index is 12.4. The summed E-state index contributed by atoms with van der Waals surface area (Å²) in [6.07, 6.45) is 4.80. The zero-order valence-corrected chi connectivity index (χ0v) is 12.6. The van der Waals surface area contributed by atoms with Gasteiger partial charge in [-0.15, -0.1) is 11.3 Å². The van der Waals surface area contributed by atoms with E-state index in [9.17, 15) is 4.79 Å². The molecule has 3 nitrogen and oxygen atoms in total. The van der Waals surface area contributed by atoms with Crippen LogP contribution in [0.4, 0.5) is 5.82 Å². The van der Waals surface area contributed by atoms with Crippen LogP contribution in [-0.2, 0) is 11.2 Å². The van der Waals surface area contributed by atoms with Gasteiger partial charge in [-0.2, -0.15) is 0 Å². The molecule has 0 radical (unpaired) electrons. The van der Waals surface area contributed by atoms with Crippen molar-refractivity contribution < 1.29 is 4.79 Å². The van der Waals surface area contributed by atoms with Crippen molar-refractivity contribution in [3.05, 3.63) is 44.7 Å². The summed E-state index contributed by atoms with van der Waals surface area (Å²) >= 11 is 5.08. The lowest BCUT2D eigenvalue weighted by Crippen LogP contribution is -2.24. The van der Waals surface area contributed by atoms with E-state index < -0.39 is 0 Å². The van der Waals surface area contributed by atoms with Gasteiger partial charge in [-0.25, -0.2) is 4.98 Å². The van der Waals surface area contributed by atoms with E-state index in [0.29, 0.717) is 5.82 Å². The third-order valence-corrected chi connectivity index (χ3v) is 4.81. The van der Waals surface area contributed by atoms with Gasteiger partial charge in [-0.3, -0.25) is 4.79 Å². The summed E-state index contributed by atoms with van der Waals surface area (Å²) in [5, 5.41) is 4.98. The average Bonchev–Trinajstić information content (AvgIpc) is 2.89. The van der Waals surface area contributed by atoms with Crippen LogP contribution in [0.1, 0.15) is 29.2 Å². The predicted octanol–water partition coefficient (Wildman–Crippen LogP) is 3.96. The Morgan fingerprint density at radius 2 is 2.32 bits per heavy atom. The number of fused-ring (bicyclic) bond motifs is 1. The molecule has 0 aromatic carbocycles. The van der Waals surface area contributed by atoms with Gasteiger partial charge in [0.05, 0.1) is 5.92 Å². The first-order chi connectivity index (χ1) is 9.24. The first-order valence-corrected chi connectivity index (χ1v) is 7.90. The fourth-order valence-electron chi connectivity index (χ4n) is 2.42. The second kappa shape index (κ2) is 5.43. The number of hydrogen-bond donors (Lipinski definition) is 1. The van der Waals surface area contributed by atoms with Gasteiger partial charge in [0, 0.05) is 15.5 Å². The molecule has 0 aliphatic heterocycles. The number of hydrogen-bond acceptors (Lipinski definition) is 3. The SMILES string of the molecule is O=C(Nc1ccc(Br)cn1)C1CCCc2sccc21. The molecule has 1 N–H and O–H groups in total. The average molecular weight is 337 g/mol. The number of anilines is 1. The van der Waals surface area contributed by atoms with Crippen LogP contribution in [0.5, 0.6) is 0 Å². The molecule has 19 heavy (non-hydrogen) atoms. The summed E-state index contributed by atoms with van der Waals surface area (Å²) in [6.45, 7) is 0. The topological polar surface area (TPSA) is 42.0 Å². The summed E-state index contributed by atoms with van der Waals surface area (Å²) in [6, 6.07) is 5.76. The van der Waals surface area contributed by atoms with Crippen molar-refractivity contribution in [2.45, 2.75) is 25.2 Å². The van der Waals surface area contributed by atoms with E-state index in [0.717, 1.165) is 23.7 Å².